The normalized spacial score (nSPS) is 11.5. The minimum absolute atomic E-state index is 0.179. The summed E-state index contributed by atoms with van der Waals surface area (Å²) in [6.45, 7) is -4.87. The third-order valence-corrected chi connectivity index (χ3v) is 4.78. The molecule has 0 amide bonds. The van der Waals surface area contributed by atoms with Crippen molar-refractivity contribution in [2.24, 2.45) is 0 Å². The van der Waals surface area contributed by atoms with Gasteiger partial charge in [0.1, 0.15) is 0 Å². The first-order valence-electron chi connectivity index (χ1n) is 5.52. The second-order valence-electron chi connectivity index (χ2n) is 3.92. The van der Waals surface area contributed by atoms with E-state index in [1.54, 1.807) is 12.1 Å². The quantitative estimate of drug-likeness (QED) is 0.760. The van der Waals surface area contributed by atoms with E-state index in [0.29, 0.717) is 0 Å². The Kier molecular flexibility index (Phi) is 4.15. The average Bonchev–Trinajstić information content (AvgIpc) is 2.37. The first-order chi connectivity index (χ1) is 8.55. The van der Waals surface area contributed by atoms with Crippen LogP contribution in [0.5, 0.6) is 0 Å². The molecule has 0 N–H and O–H groups in total. The van der Waals surface area contributed by atoms with Gasteiger partial charge < -0.3 is 0 Å². The van der Waals surface area contributed by atoms with Crippen LogP contribution in [0.15, 0.2) is 54.6 Å². The van der Waals surface area contributed by atoms with Gasteiger partial charge >= 0.3 is 110 Å². The predicted molar refractivity (Wildman–Crippen MR) is 70.7 cm³/mol. The number of hydrogen-bond acceptors (Lipinski definition) is 0. The van der Waals surface area contributed by atoms with Gasteiger partial charge in [0.2, 0.25) is 0 Å². The molecule has 0 fully saturated rings. The summed E-state index contributed by atoms with van der Waals surface area (Å²) in [5, 5.41) is 0.907. The molecule has 2 rings (SSSR count). The zero-order valence-corrected chi connectivity index (χ0v) is 11.2. The van der Waals surface area contributed by atoms with Crippen molar-refractivity contribution in [3.63, 3.8) is 0 Å². The van der Waals surface area contributed by atoms with E-state index in [1.165, 1.54) is 17.7 Å². The average molecular weight is 314 g/mol. The van der Waals surface area contributed by atoms with Crippen LogP contribution in [0.2, 0.25) is 0 Å². The van der Waals surface area contributed by atoms with Crippen LogP contribution >= 0.6 is 0 Å². The molecule has 2 aromatic rings. The third kappa shape index (κ3) is 3.65. The molecule has 0 saturated heterocycles. The molecule has 0 aliphatic carbocycles. The third-order valence-electron chi connectivity index (χ3n) is 2.51. The molecule has 0 aromatic heterocycles. The van der Waals surface area contributed by atoms with Crippen LogP contribution in [-0.4, -0.2) is 21.9 Å². The van der Waals surface area contributed by atoms with Crippen molar-refractivity contribution in [2.45, 2.75) is 5.32 Å². The molecule has 0 nitrogen and oxygen atoms in total. The summed E-state index contributed by atoms with van der Waals surface area (Å²) in [4.78, 5) is 0. The number of rotatable bonds is 4. The fourth-order valence-electron chi connectivity index (χ4n) is 1.52. The van der Waals surface area contributed by atoms with Crippen LogP contribution in [0.3, 0.4) is 0 Å². The zero-order chi connectivity index (χ0) is 13.0. The van der Waals surface area contributed by atoms with Crippen LogP contribution in [0.4, 0.5) is 12.9 Å². The molecule has 0 unspecified atom stereocenters. The van der Waals surface area contributed by atoms with E-state index < -0.39 is 12.4 Å². The van der Waals surface area contributed by atoms with E-state index in [0.717, 1.165) is 9.78 Å². The van der Waals surface area contributed by atoms with Crippen LogP contribution in [0.1, 0.15) is 5.56 Å². The van der Waals surface area contributed by atoms with Crippen LogP contribution in [0.25, 0.3) is 0 Å². The molecule has 2 aromatic carbocycles. The molecule has 5 heteroatoms. The molecule has 0 heterocycles. The molecular weight excluding hydrogens is 303 g/mol. The van der Waals surface area contributed by atoms with Gasteiger partial charge in [0, 0.05) is 0 Å². The maximum absolute atomic E-state index is 12.4. The van der Waals surface area contributed by atoms with Crippen LogP contribution < -0.4 is 9.92 Å². The summed E-state index contributed by atoms with van der Waals surface area (Å²) in [6, 6.07) is 15.5. The Morgan fingerprint density at radius 1 is 0.833 bits per heavy atom. The van der Waals surface area contributed by atoms with E-state index in [9.17, 15) is 12.9 Å². The van der Waals surface area contributed by atoms with Gasteiger partial charge in [0.25, 0.3) is 0 Å². The van der Waals surface area contributed by atoms with Crippen molar-refractivity contribution < 1.29 is 12.9 Å². The Balaban J connectivity index is 1.99. The Hall–Kier alpha value is -1.19. The van der Waals surface area contributed by atoms with Gasteiger partial charge in [0.05, 0.1) is 0 Å². The first kappa shape index (κ1) is 13.3. The Morgan fingerprint density at radius 2 is 1.44 bits per heavy atom. The molecule has 0 spiro atoms. The molecule has 0 bridgehead atoms. The molecule has 0 atom stereocenters. The van der Waals surface area contributed by atoms with E-state index in [2.05, 4.69) is 0 Å². The summed E-state index contributed by atoms with van der Waals surface area (Å²) in [5.41, 5.74) is 0.705. The van der Waals surface area contributed by atoms with Gasteiger partial charge in [-0.05, 0) is 0 Å². The minimum atomic E-state index is -4.87. The van der Waals surface area contributed by atoms with Crippen molar-refractivity contribution in [2.75, 3.05) is 0 Å². The number of benzene rings is 2. The topological polar surface area (TPSA) is 0 Å². The van der Waals surface area contributed by atoms with Crippen molar-refractivity contribution in [1.82, 2.24) is 0 Å². The Morgan fingerprint density at radius 3 is 2.00 bits per heavy atom. The summed E-state index contributed by atoms with van der Waals surface area (Å²) in [7, 11) is 0. The Labute approximate surface area is 110 Å². The first-order valence-corrected chi connectivity index (χ1v) is 7.59. The number of hydrogen-bond donors (Lipinski definition) is 0. The van der Waals surface area contributed by atoms with Crippen molar-refractivity contribution in [1.29, 1.82) is 0 Å². The summed E-state index contributed by atoms with van der Waals surface area (Å²) < 4.78 is 38.3. The molecule has 0 radical (unpaired) electrons. The predicted octanol–water partition coefficient (Wildman–Crippen LogP) is 2.27. The molecule has 0 aliphatic heterocycles. The van der Waals surface area contributed by atoms with Gasteiger partial charge in [-0.1, -0.05) is 0 Å². The maximum atomic E-state index is 12.4. The standard InChI is InChI=1S/C13H11BF3Se/c15-14(16,17)12-6-8-13(9-7-12)18-10-11-4-2-1-3-5-11/h1-9H,10H2/q-1. The molecule has 0 saturated carbocycles. The summed E-state index contributed by atoms with van der Waals surface area (Å²) >= 11 is 0.179. The van der Waals surface area contributed by atoms with Crippen molar-refractivity contribution >= 4 is 31.9 Å². The second-order valence-corrected chi connectivity index (χ2v) is 6.12. The molecule has 18 heavy (non-hydrogen) atoms. The van der Waals surface area contributed by atoms with Crippen LogP contribution in [0, 0.1) is 0 Å². The summed E-state index contributed by atoms with van der Waals surface area (Å²) in [5.74, 6) is 0. The molecule has 0 aliphatic rings. The fourth-order valence-corrected chi connectivity index (χ4v) is 3.32. The van der Waals surface area contributed by atoms with Crippen LogP contribution in [-0.2, 0) is 5.32 Å². The van der Waals surface area contributed by atoms with E-state index in [1.807, 2.05) is 30.3 Å². The van der Waals surface area contributed by atoms with Crippen molar-refractivity contribution in [3.8, 4) is 0 Å². The molecule has 94 valence electrons. The monoisotopic (exact) mass is 315 g/mol. The van der Waals surface area contributed by atoms with Crippen molar-refractivity contribution in [3.05, 3.63) is 60.2 Å². The van der Waals surface area contributed by atoms with Gasteiger partial charge in [-0.3, -0.25) is 0 Å². The molecular formula is C13H11BF3Se-. The fraction of sp³-hybridized carbons (Fsp3) is 0.0769. The van der Waals surface area contributed by atoms with E-state index in [4.69, 9.17) is 0 Å². The number of halogens is 3. The zero-order valence-electron chi connectivity index (χ0n) is 9.52. The van der Waals surface area contributed by atoms with E-state index >= 15 is 0 Å². The Bertz CT molecular complexity index is 494. The summed E-state index contributed by atoms with van der Waals surface area (Å²) in [6.07, 6.45) is 0. The van der Waals surface area contributed by atoms with E-state index in [-0.39, 0.29) is 15.0 Å². The second kappa shape index (κ2) is 5.64. The van der Waals surface area contributed by atoms with Gasteiger partial charge in [-0.15, -0.1) is 0 Å². The van der Waals surface area contributed by atoms with Gasteiger partial charge in [0.15, 0.2) is 0 Å². The van der Waals surface area contributed by atoms with Gasteiger partial charge in [-0.25, -0.2) is 0 Å². The SMILES string of the molecule is F[B-](F)(F)c1ccc([Se]Cc2ccccc2)cc1. The van der Waals surface area contributed by atoms with Gasteiger partial charge in [-0.2, -0.15) is 0 Å².